The fourth-order valence-electron chi connectivity index (χ4n) is 2.94. The SMILES string of the molecule is CCN1CCOC(C(O)Cc2ccnc3ccccc23)C1. The summed E-state index contributed by atoms with van der Waals surface area (Å²) in [5, 5.41) is 11.6. The van der Waals surface area contributed by atoms with Crippen molar-refractivity contribution in [2.75, 3.05) is 26.2 Å². The van der Waals surface area contributed by atoms with Crippen LogP contribution in [0.25, 0.3) is 10.9 Å². The number of pyridine rings is 1. The van der Waals surface area contributed by atoms with Gasteiger partial charge in [-0.3, -0.25) is 9.88 Å². The molecule has 4 heteroatoms. The van der Waals surface area contributed by atoms with Gasteiger partial charge in [0.2, 0.25) is 0 Å². The zero-order valence-electron chi connectivity index (χ0n) is 12.4. The fourth-order valence-corrected chi connectivity index (χ4v) is 2.94. The van der Waals surface area contributed by atoms with Crippen molar-refractivity contribution in [3.63, 3.8) is 0 Å². The van der Waals surface area contributed by atoms with Gasteiger partial charge >= 0.3 is 0 Å². The lowest BCUT2D eigenvalue weighted by atomic mass is 9.99. The second kappa shape index (κ2) is 6.52. The monoisotopic (exact) mass is 286 g/mol. The van der Waals surface area contributed by atoms with Gasteiger partial charge in [0.1, 0.15) is 0 Å². The molecule has 0 spiro atoms. The third-order valence-corrected chi connectivity index (χ3v) is 4.22. The van der Waals surface area contributed by atoms with E-state index in [2.05, 4.69) is 22.9 Å². The number of aliphatic hydroxyl groups is 1. The highest BCUT2D eigenvalue weighted by Crippen LogP contribution is 2.20. The minimum Gasteiger partial charge on any atom is -0.390 e. The Hall–Kier alpha value is -1.49. The number of fused-ring (bicyclic) bond motifs is 1. The number of ether oxygens (including phenoxy) is 1. The molecule has 0 saturated carbocycles. The molecule has 1 N–H and O–H groups in total. The zero-order chi connectivity index (χ0) is 14.7. The predicted molar refractivity (Wildman–Crippen MR) is 83.3 cm³/mol. The predicted octanol–water partition coefficient (Wildman–Crippen LogP) is 1.86. The molecule has 1 aliphatic heterocycles. The smallest absolute Gasteiger partial charge is 0.0964 e. The molecular formula is C17H22N2O2. The first-order valence-corrected chi connectivity index (χ1v) is 7.62. The van der Waals surface area contributed by atoms with E-state index in [1.807, 2.05) is 30.5 Å². The highest BCUT2D eigenvalue weighted by atomic mass is 16.5. The summed E-state index contributed by atoms with van der Waals surface area (Å²) in [7, 11) is 0. The number of likely N-dealkylation sites (N-methyl/N-ethyl adjacent to an activating group) is 1. The highest BCUT2D eigenvalue weighted by molar-refractivity contribution is 5.81. The van der Waals surface area contributed by atoms with Gasteiger partial charge in [-0.25, -0.2) is 0 Å². The number of benzene rings is 1. The summed E-state index contributed by atoms with van der Waals surface area (Å²) in [6.45, 7) is 5.61. The lowest BCUT2D eigenvalue weighted by Crippen LogP contribution is -2.48. The van der Waals surface area contributed by atoms with Crippen LogP contribution in [-0.4, -0.2) is 53.4 Å². The minimum absolute atomic E-state index is 0.106. The van der Waals surface area contributed by atoms with Gasteiger partial charge in [-0.05, 0) is 24.2 Å². The van der Waals surface area contributed by atoms with Crippen LogP contribution in [0.2, 0.25) is 0 Å². The summed E-state index contributed by atoms with van der Waals surface area (Å²) in [5.74, 6) is 0. The average Bonchev–Trinajstić information content (AvgIpc) is 2.55. The van der Waals surface area contributed by atoms with E-state index < -0.39 is 6.10 Å². The van der Waals surface area contributed by atoms with Crippen LogP contribution >= 0.6 is 0 Å². The van der Waals surface area contributed by atoms with Crippen molar-refractivity contribution < 1.29 is 9.84 Å². The molecule has 3 rings (SSSR count). The molecule has 2 unspecified atom stereocenters. The summed E-state index contributed by atoms with van der Waals surface area (Å²) in [4.78, 5) is 6.69. The van der Waals surface area contributed by atoms with E-state index in [0.29, 0.717) is 13.0 Å². The second-order valence-electron chi connectivity index (χ2n) is 5.56. The minimum atomic E-state index is -0.481. The van der Waals surface area contributed by atoms with Gasteiger partial charge in [-0.2, -0.15) is 0 Å². The molecular weight excluding hydrogens is 264 g/mol. The third kappa shape index (κ3) is 3.23. The Morgan fingerprint density at radius 1 is 1.38 bits per heavy atom. The Morgan fingerprint density at radius 3 is 3.10 bits per heavy atom. The summed E-state index contributed by atoms with van der Waals surface area (Å²) in [5.41, 5.74) is 2.10. The van der Waals surface area contributed by atoms with E-state index in [0.717, 1.165) is 36.1 Å². The molecule has 1 aromatic carbocycles. The van der Waals surface area contributed by atoms with Crippen LogP contribution in [0.3, 0.4) is 0 Å². The molecule has 2 heterocycles. The van der Waals surface area contributed by atoms with E-state index in [1.54, 1.807) is 0 Å². The maximum atomic E-state index is 10.5. The van der Waals surface area contributed by atoms with Crippen LogP contribution in [-0.2, 0) is 11.2 Å². The molecule has 21 heavy (non-hydrogen) atoms. The van der Waals surface area contributed by atoms with Gasteiger partial charge in [0, 0.05) is 31.1 Å². The first-order valence-electron chi connectivity index (χ1n) is 7.62. The molecule has 0 bridgehead atoms. The number of aliphatic hydroxyl groups excluding tert-OH is 1. The molecule has 1 saturated heterocycles. The molecule has 1 aromatic heterocycles. The van der Waals surface area contributed by atoms with Crippen molar-refractivity contribution >= 4 is 10.9 Å². The van der Waals surface area contributed by atoms with Gasteiger partial charge in [0.15, 0.2) is 0 Å². The lowest BCUT2D eigenvalue weighted by Gasteiger charge is -2.34. The van der Waals surface area contributed by atoms with Gasteiger partial charge < -0.3 is 9.84 Å². The van der Waals surface area contributed by atoms with Crippen molar-refractivity contribution in [2.24, 2.45) is 0 Å². The van der Waals surface area contributed by atoms with Crippen molar-refractivity contribution in [1.29, 1.82) is 0 Å². The van der Waals surface area contributed by atoms with Crippen molar-refractivity contribution in [1.82, 2.24) is 9.88 Å². The van der Waals surface area contributed by atoms with Crippen LogP contribution in [0.1, 0.15) is 12.5 Å². The quantitative estimate of drug-likeness (QED) is 0.932. The van der Waals surface area contributed by atoms with E-state index >= 15 is 0 Å². The molecule has 0 radical (unpaired) electrons. The molecule has 1 aliphatic rings. The normalized spacial score (nSPS) is 21.5. The molecule has 0 amide bonds. The summed E-state index contributed by atoms with van der Waals surface area (Å²) in [6, 6.07) is 10.0. The molecule has 4 nitrogen and oxygen atoms in total. The maximum Gasteiger partial charge on any atom is 0.0964 e. The van der Waals surface area contributed by atoms with Crippen LogP contribution in [0.15, 0.2) is 36.5 Å². The lowest BCUT2D eigenvalue weighted by molar-refractivity contribution is -0.0866. The zero-order valence-corrected chi connectivity index (χ0v) is 12.4. The number of hydrogen-bond donors (Lipinski definition) is 1. The molecule has 2 atom stereocenters. The number of nitrogens with zero attached hydrogens (tertiary/aromatic N) is 2. The molecule has 1 fully saturated rings. The first-order chi connectivity index (χ1) is 10.3. The van der Waals surface area contributed by atoms with Crippen molar-refractivity contribution in [3.8, 4) is 0 Å². The number of rotatable bonds is 4. The van der Waals surface area contributed by atoms with E-state index in [9.17, 15) is 5.11 Å². The largest absolute Gasteiger partial charge is 0.390 e. The molecule has 0 aliphatic carbocycles. The van der Waals surface area contributed by atoms with E-state index in [-0.39, 0.29) is 6.10 Å². The van der Waals surface area contributed by atoms with Crippen LogP contribution in [0.4, 0.5) is 0 Å². The Morgan fingerprint density at radius 2 is 2.24 bits per heavy atom. The van der Waals surface area contributed by atoms with E-state index in [4.69, 9.17) is 4.74 Å². The van der Waals surface area contributed by atoms with Crippen molar-refractivity contribution in [2.45, 2.75) is 25.6 Å². The molecule has 112 valence electrons. The number of aromatic nitrogens is 1. The summed E-state index contributed by atoms with van der Waals surface area (Å²) >= 11 is 0. The summed E-state index contributed by atoms with van der Waals surface area (Å²) in [6.07, 6.45) is 1.83. The van der Waals surface area contributed by atoms with Gasteiger partial charge in [-0.15, -0.1) is 0 Å². The topological polar surface area (TPSA) is 45.6 Å². The van der Waals surface area contributed by atoms with Gasteiger partial charge in [-0.1, -0.05) is 25.1 Å². The fraction of sp³-hybridized carbons (Fsp3) is 0.471. The maximum absolute atomic E-state index is 10.5. The number of hydrogen-bond acceptors (Lipinski definition) is 4. The second-order valence-corrected chi connectivity index (χ2v) is 5.56. The van der Waals surface area contributed by atoms with E-state index in [1.165, 1.54) is 0 Å². The standard InChI is InChI=1S/C17H22N2O2/c1-2-19-9-10-21-17(12-19)16(20)11-13-7-8-18-15-6-4-3-5-14(13)15/h3-8,16-17,20H,2,9-12H2,1H3. The van der Waals surface area contributed by atoms with Gasteiger partial charge in [0.05, 0.1) is 24.3 Å². The highest BCUT2D eigenvalue weighted by Gasteiger charge is 2.26. The van der Waals surface area contributed by atoms with Gasteiger partial charge in [0.25, 0.3) is 0 Å². The third-order valence-electron chi connectivity index (χ3n) is 4.22. The van der Waals surface area contributed by atoms with Crippen LogP contribution < -0.4 is 0 Å². The Bertz CT molecular complexity index is 597. The van der Waals surface area contributed by atoms with Crippen molar-refractivity contribution in [3.05, 3.63) is 42.1 Å². The Kier molecular flexibility index (Phi) is 4.48. The van der Waals surface area contributed by atoms with Crippen LogP contribution in [0, 0.1) is 0 Å². The Labute approximate surface area is 125 Å². The Balaban J connectivity index is 1.75. The average molecular weight is 286 g/mol. The first kappa shape index (κ1) is 14.4. The number of morpholine rings is 1. The summed E-state index contributed by atoms with van der Waals surface area (Å²) < 4.78 is 5.75. The van der Waals surface area contributed by atoms with Crippen LogP contribution in [0.5, 0.6) is 0 Å². The number of para-hydroxylation sites is 1. The molecule has 2 aromatic rings.